The lowest BCUT2D eigenvalue weighted by Gasteiger charge is -2.06. The topological polar surface area (TPSA) is 85.8 Å². The van der Waals surface area contributed by atoms with Gasteiger partial charge in [-0.2, -0.15) is 5.10 Å². The lowest BCUT2D eigenvalue weighted by atomic mass is 10.2. The number of hydrogen-bond donors (Lipinski definition) is 2. The molecule has 3 N–H and O–H groups in total. The average molecular weight is 273 g/mol. The van der Waals surface area contributed by atoms with Crippen LogP contribution in [0.5, 0.6) is 0 Å². The molecule has 0 bridgehead atoms. The van der Waals surface area contributed by atoms with Gasteiger partial charge in [-0.15, -0.1) is 0 Å². The van der Waals surface area contributed by atoms with Crippen LogP contribution in [-0.2, 0) is 6.54 Å². The molecule has 6 nitrogen and oxygen atoms in total. The number of aromatic nitrogens is 3. The second-order valence-electron chi connectivity index (χ2n) is 4.68. The molecule has 0 saturated carbocycles. The Balaban J connectivity index is 2.09. The Morgan fingerprint density at radius 1 is 1.35 bits per heavy atom. The molecule has 0 spiro atoms. The maximum Gasteiger partial charge on any atom is 0.260 e. The minimum atomic E-state index is -0.196. The van der Waals surface area contributed by atoms with Gasteiger partial charge >= 0.3 is 0 Å². The van der Waals surface area contributed by atoms with E-state index in [-0.39, 0.29) is 5.91 Å². The molecule has 0 aliphatic heterocycles. The van der Waals surface area contributed by atoms with Gasteiger partial charge in [0.05, 0.1) is 11.8 Å². The minimum absolute atomic E-state index is 0.196. The summed E-state index contributed by atoms with van der Waals surface area (Å²) >= 11 is 0. The summed E-state index contributed by atoms with van der Waals surface area (Å²) in [6.07, 6.45) is 4.13. The fourth-order valence-electron chi connectivity index (χ4n) is 1.86. The van der Waals surface area contributed by atoms with Gasteiger partial charge in [0.2, 0.25) is 0 Å². The summed E-state index contributed by atoms with van der Waals surface area (Å²) < 4.78 is 1.80. The fraction of sp³-hybridized carbons (Fsp3) is 0.357. The van der Waals surface area contributed by atoms with Crippen LogP contribution in [-0.4, -0.2) is 27.2 Å². The van der Waals surface area contributed by atoms with Crippen molar-refractivity contribution in [2.75, 3.05) is 11.9 Å². The number of aryl methyl sites for hydroxylation is 2. The van der Waals surface area contributed by atoms with E-state index in [1.807, 2.05) is 19.9 Å². The molecule has 2 heterocycles. The van der Waals surface area contributed by atoms with Crippen LogP contribution < -0.4 is 11.1 Å². The van der Waals surface area contributed by atoms with E-state index in [9.17, 15) is 4.79 Å². The second kappa shape index (κ2) is 6.29. The van der Waals surface area contributed by atoms with E-state index >= 15 is 0 Å². The largest absolute Gasteiger partial charge is 0.330 e. The van der Waals surface area contributed by atoms with E-state index in [0.29, 0.717) is 17.9 Å². The van der Waals surface area contributed by atoms with Crippen LogP contribution in [0.25, 0.3) is 0 Å². The number of nitrogens with one attached hydrogen (secondary N) is 1. The summed E-state index contributed by atoms with van der Waals surface area (Å²) in [4.78, 5) is 16.3. The lowest BCUT2D eigenvalue weighted by molar-refractivity contribution is 0.102. The van der Waals surface area contributed by atoms with Gasteiger partial charge in [-0.05, 0) is 38.4 Å². The van der Waals surface area contributed by atoms with Crippen molar-refractivity contribution in [2.24, 2.45) is 5.73 Å². The van der Waals surface area contributed by atoms with Crippen molar-refractivity contribution in [3.8, 4) is 0 Å². The maximum absolute atomic E-state index is 12.2. The first-order chi connectivity index (χ1) is 9.61. The maximum atomic E-state index is 12.2. The summed E-state index contributed by atoms with van der Waals surface area (Å²) in [5.74, 6) is 0.340. The first-order valence-electron chi connectivity index (χ1n) is 6.58. The van der Waals surface area contributed by atoms with Crippen LogP contribution in [0.15, 0.2) is 24.5 Å². The Morgan fingerprint density at radius 2 is 2.15 bits per heavy atom. The van der Waals surface area contributed by atoms with Crippen molar-refractivity contribution in [3.05, 3.63) is 41.3 Å². The number of carbonyl (C=O) groups is 1. The fourth-order valence-corrected chi connectivity index (χ4v) is 1.86. The van der Waals surface area contributed by atoms with Gasteiger partial charge in [0.25, 0.3) is 5.91 Å². The van der Waals surface area contributed by atoms with Gasteiger partial charge in [-0.25, -0.2) is 4.98 Å². The number of hydrogen-bond acceptors (Lipinski definition) is 4. The monoisotopic (exact) mass is 273 g/mol. The summed E-state index contributed by atoms with van der Waals surface area (Å²) in [5, 5.41) is 6.98. The highest BCUT2D eigenvalue weighted by Gasteiger charge is 2.14. The average Bonchev–Trinajstić information content (AvgIpc) is 2.80. The molecule has 0 aromatic carbocycles. The summed E-state index contributed by atoms with van der Waals surface area (Å²) in [6, 6.07) is 3.68. The SMILES string of the molecule is Cc1ccc(NC(=O)c2cnn(CCCN)c2C)nc1. The van der Waals surface area contributed by atoms with Gasteiger partial charge in [0.1, 0.15) is 5.82 Å². The lowest BCUT2D eigenvalue weighted by Crippen LogP contribution is -2.14. The molecule has 2 aromatic heterocycles. The third-order valence-electron chi connectivity index (χ3n) is 3.07. The smallest absolute Gasteiger partial charge is 0.260 e. The molecule has 106 valence electrons. The standard InChI is InChI=1S/C14H19N5O/c1-10-4-5-13(16-8-10)18-14(20)12-9-17-19(11(12)2)7-3-6-15/h4-5,8-9H,3,6-7,15H2,1-2H3,(H,16,18,20). The van der Waals surface area contributed by atoms with Crippen molar-refractivity contribution in [3.63, 3.8) is 0 Å². The van der Waals surface area contributed by atoms with Crippen LogP contribution >= 0.6 is 0 Å². The highest BCUT2D eigenvalue weighted by atomic mass is 16.1. The van der Waals surface area contributed by atoms with Crippen molar-refractivity contribution in [1.82, 2.24) is 14.8 Å². The third-order valence-corrected chi connectivity index (χ3v) is 3.07. The van der Waals surface area contributed by atoms with Gasteiger partial charge in [0, 0.05) is 18.4 Å². The number of pyridine rings is 1. The Morgan fingerprint density at radius 3 is 2.80 bits per heavy atom. The van der Waals surface area contributed by atoms with E-state index in [0.717, 1.165) is 24.2 Å². The number of carbonyl (C=O) groups excluding carboxylic acids is 1. The number of anilines is 1. The zero-order valence-electron chi connectivity index (χ0n) is 11.8. The van der Waals surface area contributed by atoms with E-state index in [1.165, 1.54) is 0 Å². The van der Waals surface area contributed by atoms with Gasteiger partial charge < -0.3 is 11.1 Å². The first-order valence-corrected chi connectivity index (χ1v) is 6.58. The second-order valence-corrected chi connectivity index (χ2v) is 4.68. The van der Waals surface area contributed by atoms with Crippen LogP contribution in [0.4, 0.5) is 5.82 Å². The van der Waals surface area contributed by atoms with Crippen LogP contribution in [0, 0.1) is 13.8 Å². The molecule has 6 heteroatoms. The predicted molar refractivity (Wildman–Crippen MR) is 77.6 cm³/mol. The normalized spacial score (nSPS) is 10.6. The summed E-state index contributed by atoms with van der Waals surface area (Å²) in [7, 11) is 0. The van der Waals surface area contributed by atoms with Crippen LogP contribution in [0.1, 0.15) is 28.0 Å². The van der Waals surface area contributed by atoms with E-state index in [2.05, 4.69) is 15.4 Å². The first kappa shape index (κ1) is 14.2. The Bertz CT molecular complexity index is 588. The molecule has 0 aliphatic carbocycles. The molecule has 0 fully saturated rings. The van der Waals surface area contributed by atoms with Crippen molar-refractivity contribution in [2.45, 2.75) is 26.8 Å². The summed E-state index contributed by atoms with van der Waals surface area (Å²) in [6.45, 7) is 5.15. The van der Waals surface area contributed by atoms with E-state index < -0.39 is 0 Å². The van der Waals surface area contributed by atoms with Crippen LogP contribution in [0.3, 0.4) is 0 Å². The molecule has 0 aliphatic rings. The molecule has 1 amide bonds. The Labute approximate surface area is 118 Å². The number of nitrogens with two attached hydrogens (primary N) is 1. The van der Waals surface area contributed by atoms with Gasteiger partial charge in [-0.3, -0.25) is 9.48 Å². The predicted octanol–water partition coefficient (Wildman–Crippen LogP) is 1.50. The third kappa shape index (κ3) is 3.21. The molecular weight excluding hydrogens is 254 g/mol. The molecule has 2 aromatic rings. The number of rotatable bonds is 5. The van der Waals surface area contributed by atoms with Crippen molar-refractivity contribution < 1.29 is 4.79 Å². The zero-order valence-corrected chi connectivity index (χ0v) is 11.8. The zero-order chi connectivity index (χ0) is 14.5. The Kier molecular flexibility index (Phi) is 4.47. The van der Waals surface area contributed by atoms with Gasteiger partial charge in [-0.1, -0.05) is 6.07 Å². The highest BCUT2D eigenvalue weighted by molar-refractivity contribution is 6.04. The summed E-state index contributed by atoms with van der Waals surface area (Å²) in [5.41, 5.74) is 7.92. The molecular formula is C14H19N5O. The van der Waals surface area contributed by atoms with E-state index in [1.54, 1.807) is 23.1 Å². The molecule has 0 unspecified atom stereocenters. The van der Waals surface area contributed by atoms with Crippen molar-refractivity contribution >= 4 is 11.7 Å². The minimum Gasteiger partial charge on any atom is -0.330 e. The molecule has 0 atom stereocenters. The quantitative estimate of drug-likeness (QED) is 0.864. The number of amides is 1. The van der Waals surface area contributed by atoms with Gasteiger partial charge in [0.15, 0.2) is 0 Å². The molecule has 0 radical (unpaired) electrons. The van der Waals surface area contributed by atoms with E-state index in [4.69, 9.17) is 5.73 Å². The molecule has 2 rings (SSSR count). The highest BCUT2D eigenvalue weighted by Crippen LogP contribution is 2.11. The number of nitrogens with zero attached hydrogens (tertiary/aromatic N) is 3. The Hall–Kier alpha value is -2.21. The van der Waals surface area contributed by atoms with Crippen molar-refractivity contribution in [1.29, 1.82) is 0 Å². The molecule has 20 heavy (non-hydrogen) atoms. The van der Waals surface area contributed by atoms with Crippen LogP contribution in [0.2, 0.25) is 0 Å². The molecule has 0 saturated heterocycles.